The van der Waals surface area contributed by atoms with Crippen LogP contribution < -0.4 is 4.74 Å². The van der Waals surface area contributed by atoms with Crippen LogP contribution in [0.15, 0.2) is 48.5 Å². The molecule has 0 saturated carbocycles. The number of thiophene rings is 1. The molecule has 0 aliphatic heterocycles. The van der Waals surface area contributed by atoms with Crippen LogP contribution in [0.4, 0.5) is 4.39 Å². The van der Waals surface area contributed by atoms with E-state index in [1.165, 1.54) is 23.5 Å². The van der Waals surface area contributed by atoms with Crippen molar-refractivity contribution in [2.75, 3.05) is 7.11 Å². The van der Waals surface area contributed by atoms with E-state index in [-0.39, 0.29) is 11.6 Å². The number of hydrogen-bond donors (Lipinski definition) is 0. The summed E-state index contributed by atoms with van der Waals surface area (Å²) < 4.78 is 19.1. The van der Waals surface area contributed by atoms with Crippen molar-refractivity contribution < 1.29 is 13.9 Å². The Kier molecular flexibility index (Phi) is 3.71. The molecule has 0 atom stereocenters. The van der Waals surface area contributed by atoms with Crippen LogP contribution in [-0.2, 0) is 6.42 Å². The number of carbonyl (C=O) groups is 1. The molecule has 0 N–H and O–H groups in total. The highest BCUT2D eigenvalue weighted by Crippen LogP contribution is 2.27. The van der Waals surface area contributed by atoms with Gasteiger partial charge in [0.1, 0.15) is 11.6 Å². The van der Waals surface area contributed by atoms with Crippen molar-refractivity contribution in [3.05, 3.63) is 64.8 Å². The third-order valence-electron chi connectivity index (χ3n) is 3.28. The van der Waals surface area contributed by atoms with Crippen LogP contribution in [0.3, 0.4) is 0 Å². The molecule has 0 bridgehead atoms. The highest BCUT2D eigenvalue weighted by molar-refractivity contribution is 7.20. The molecule has 0 unspecified atom stereocenters. The lowest BCUT2D eigenvalue weighted by Crippen LogP contribution is -2.00. The average Bonchev–Trinajstić information content (AvgIpc) is 2.91. The number of ketones is 1. The standard InChI is InChI=1S/C17H13FO2S/c1-20-14-6-2-11(3-7-14)8-15(19)17-9-12-4-5-13(18)10-16(12)21-17/h2-7,9-10H,8H2,1H3. The van der Waals surface area contributed by atoms with E-state index in [2.05, 4.69) is 0 Å². The fourth-order valence-corrected chi connectivity index (χ4v) is 3.18. The van der Waals surface area contributed by atoms with Crippen molar-refractivity contribution in [2.45, 2.75) is 6.42 Å². The zero-order chi connectivity index (χ0) is 14.8. The Morgan fingerprint density at radius 2 is 1.90 bits per heavy atom. The summed E-state index contributed by atoms with van der Waals surface area (Å²) >= 11 is 1.33. The smallest absolute Gasteiger partial charge is 0.177 e. The minimum absolute atomic E-state index is 0.0433. The predicted octanol–water partition coefficient (Wildman–Crippen LogP) is 4.47. The lowest BCUT2D eigenvalue weighted by molar-refractivity contribution is 0.0997. The summed E-state index contributed by atoms with van der Waals surface area (Å²) in [5.41, 5.74) is 0.935. The lowest BCUT2D eigenvalue weighted by atomic mass is 10.1. The van der Waals surface area contributed by atoms with Crippen LogP contribution in [0, 0.1) is 5.82 Å². The Hall–Kier alpha value is -2.20. The fourth-order valence-electron chi connectivity index (χ4n) is 2.16. The molecule has 0 saturated heterocycles. The van der Waals surface area contributed by atoms with E-state index in [9.17, 15) is 9.18 Å². The number of fused-ring (bicyclic) bond motifs is 1. The Balaban J connectivity index is 1.82. The third-order valence-corrected chi connectivity index (χ3v) is 4.42. The molecular weight excluding hydrogens is 287 g/mol. The molecule has 2 aromatic carbocycles. The SMILES string of the molecule is COc1ccc(CC(=O)c2cc3ccc(F)cc3s2)cc1. The average molecular weight is 300 g/mol. The van der Waals surface area contributed by atoms with Crippen molar-refractivity contribution in [1.29, 1.82) is 0 Å². The van der Waals surface area contributed by atoms with E-state index in [0.717, 1.165) is 21.4 Å². The predicted molar refractivity (Wildman–Crippen MR) is 82.8 cm³/mol. The number of halogens is 1. The Bertz CT molecular complexity index is 790. The van der Waals surface area contributed by atoms with E-state index in [4.69, 9.17) is 4.74 Å². The number of hydrogen-bond acceptors (Lipinski definition) is 3. The molecule has 0 aliphatic carbocycles. The minimum Gasteiger partial charge on any atom is -0.497 e. The molecule has 0 radical (unpaired) electrons. The van der Waals surface area contributed by atoms with Crippen LogP contribution in [0.1, 0.15) is 15.2 Å². The van der Waals surface area contributed by atoms with Gasteiger partial charge in [0.15, 0.2) is 5.78 Å². The van der Waals surface area contributed by atoms with Gasteiger partial charge in [-0.3, -0.25) is 4.79 Å². The molecule has 0 amide bonds. The summed E-state index contributed by atoms with van der Waals surface area (Å²) in [6, 6.07) is 13.8. The van der Waals surface area contributed by atoms with Gasteiger partial charge in [-0.05, 0) is 41.3 Å². The molecule has 3 aromatic rings. The number of carbonyl (C=O) groups excluding carboxylic acids is 1. The van der Waals surface area contributed by atoms with Crippen molar-refractivity contribution in [1.82, 2.24) is 0 Å². The molecule has 0 spiro atoms. The fraction of sp³-hybridized carbons (Fsp3) is 0.118. The van der Waals surface area contributed by atoms with Crippen molar-refractivity contribution >= 4 is 27.2 Å². The molecule has 21 heavy (non-hydrogen) atoms. The lowest BCUT2D eigenvalue weighted by Gasteiger charge is -2.02. The largest absolute Gasteiger partial charge is 0.497 e. The highest BCUT2D eigenvalue weighted by Gasteiger charge is 2.11. The van der Waals surface area contributed by atoms with Crippen LogP contribution >= 0.6 is 11.3 Å². The van der Waals surface area contributed by atoms with Crippen LogP contribution in [-0.4, -0.2) is 12.9 Å². The normalized spacial score (nSPS) is 10.8. The van der Waals surface area contributed by atoms with Gasteiger partial charge >= 0.3 is 0 Å². The maximum absolute atomic E-state index is 13.2. The van der Waals surface area contributed by atoms with Crippen LogP contribution in [0.2, 0.25) is 0 Å². The second-order valence-corrected chi connectivity index (χ2v) is 5.82. The van der Waals surface area contributed by atoms with E-state index < -0.39 is 0 Å². The van der Waals surface area contributed by atoms with Crippen molar-refractivity contribution in [3.63, 3.8) is 0 Å². The minimum atomic E-state index is -0.279. The zero-order valence-corrected chi connectivity index (χ0v) is 12.2. The van der Waals surface area contributed by atoms with Gasteiger partial charge in [-0.15, -0.1) is 11.3 Å². The van der Waals surface area contributed by atoms with Crippen LogP contribution in [0.5, 0.6) is 5.75 Å². The van der Waals surface area contributed by atoms with Gasteiger partial charge in [-0.25, -0.2) is 4.39 Å². The molecule has 0 aliphatic rings. The maximum Gasteiger partial charge on any atom is 0.177 e. The second-order valence-electron chi connectivity index (χ2n) is 4.74. The molecule has 1 aromatic heterocycles. The van der Waals surface area contributed by atoms with Gasteiger partial charge in [0.2, 0.25) is 0 Å². The Labute approximate surface area is 125 Å². The quantitative estimate of drug-likeness (QED) is 0.664. The first-order valence-corrected chi connectivity index (χ1v) is 7.32. The van der Waals surface area contributed by atoms with Crippen LogP contribution in [0.25, 0.3) is 10.1 Å². The first kappa shape index (κ1) is 13.8. The molecule has 4 heteroatoms. The molecule has 106 valence electrons. The summed E-state index contributed by atoms with van der Waals surface area (Å²) in [6.45, 7) is 0. The summed E-state index contributed by atoms with van der Waals surface area (Å²) in [5.74, 6) is 0.531. The van der Waals surface area contributed by atoms with Crippen molar-refractivity contribution in [3.8, 4) is 5.75 Å². The summed E-state index contributed by atoms with van der Waals surface area (Å²) in [6.07, 6.45) is 0.333. The molecule has 3 rings (SSSR count). The molecule has 2 nitrogen and oxygen atoms in total. The number of benzene rings is 2. The number of Topliss-reactive ketones (excluding diaryl/α,β-unsaturated/α-hetero) is 1. The first-order chi connectivity index (χ1) is 10.2. The molecule has 0 fully saturated rings. The van der Waals surface area contributed by atoms with E-state index in [1.807, 2.05) is 30.3 Å². The molecular formula is C17H13FO2S. The summed E-state index contributed by atoms with van der Waals surface area (Å²) in [5, 5.41) is 0.902. The highest BCUT2D eigenvalue weighted by atomic mass is 32.1. The van der Waals surface area contributed by atoms with Gasteiger partial charge in [0.05, 0.1) is 12.0 Å². The maximum atomic E-state index is 13.2. The number of methoxy groups -OCH3 is 1. The Morgan fingerprint density at radius 1 is 1.14 bits per heavy atom. The topological polar surface area (TPSA) is 26.3 Å². The number of rotatable bonds is 4. The van der Waals surface area contributed by atoms with Gasteiger partial charge in [0, 0.05) is 11.1 Å². The second kappa shape index (κ2) is 5.66. The van der Waals surface area contributed by atoms with Gasteiger partial charge in [0.25, 0.3) is 0 Å². The van der Waals surface area contributed by atoms with E-state index in [0.29, 0.717) is 11.3 Å². The van der Waals surface area contributed by atoms with E-state index in [1.54, 1.807) is 13.2 Å². The first-order valence-electron chi connectivity index (χ1n) is 6.51. The zero-order valence-electron chi connectivity index (χ0n) is 11.4. The van der Waals surface area contributed by atoms with E-state index >= 15 is 0 Å². The van der Waals surface area contributed by atoms with Gasteiger partial charge in [-0.2, -0.15) is 0 Å². The van der Waals surface area contributed by atoms with Gasteiger partial charge in [-0.1, -0.05) is 18.2 Å². The molecule has 1 heterocycles. The Morgan fingerprint density at radius 3 is 2.62 bits per heavy atom. The number of ether oxygens (including phenoxy) is 1. The summed E-state index contributed by atoms with van der Waals surface area (Å²) in [4.78, 5) is 13.0. The third kappa shape index (κ3) is 2.95. The monoisotopic (exact) mass is 300 g/mol. The van der Waals surface area contributed by atoms with Gasteiger partial charge < -0.3 is 4.74 Å². The van der Waals surface area contributed by atoms with Crippen molar-refractivity contribution in [2.24, 2.45) is 0 Å². The summed E-state index contributed by atoms with van der Waals surface area (Å²) in [7, 11) is 1.61.